The van der Waals surface area contributed by atoms with Crippen LogP contribution >= 0.6 is 31.9 Å². The quantitative estimate of drug-likeness (QED) is 0.810. The second-order valence-corrected chi connectivity index (χ2v) is 5.49. The Bertz CT molecular complexity index is 508. The molecule has 0 fully saturated rings. The van der Waals surface area contributed by atoms with Crippen LogP contribution in [0.1, 0.15) is 25.7 Å². The largest absolute Gasteiger partial charge is 0.420 e. The second-order valence-electron chi connectivity index (χ2n) is 3.72. The minimum Gasteiger partial charge on any atom is -0.420 e. The molecular weight excluding hydrogens is 336 g/mol. The molecule has 5 heteroatoms. The Balaban J connectivity index is 2.46. The van der Waals surface area contributed by atoms with Gasteiger partial charge in [-0.2, -0.15) is 0 Å². The molecule has 3 nitrogen and oxygen atoms in total. The van der Waals surface area contributed by atoms with Gasteiger partial charge in [0.15, 0.2) is 0 Å². The molecule has 0 unspecified atom stereocenters. The lowest BCUT2D eigenvalue weighted by atomic mass is 10.2. The average molecular weight is 346 g/mol. The van der Waals surface area contributed by atoms with Crippen molar-refractivity contribution in [2.24, 2.45) is 0 Å². The van der Waals surface area contributed by atoms with E-state index in [4.69, 9.17) is 4.42 Å². The van der Waals surface area contributed by atoms with Gasteiger partial charge in [-0.3, -0.25) is 0 Å². The van der Waals surface area contributed by atoms with Crippen LogP contribution in [0.25, 0.3) is 11.5 Å². The lowest BCUT2D eigenvalue weighted by Crippen LogP contribution is -1.85. The molecule has 16 heavy (non-hydrogen) atoms. The molecule has 1 heterocycles. The summed E-state index contributed by atoms with van der Waals surface area (Å²) in [6.45, 7) is 4.04. The number of benzene rings is 1. The molecule has 0 aliphatic rings. The van der Waals surface area contributed by atoms with Crippen molar-refractivity contribution in [2.75, 3.05) is 0 Å². The highest BCUT2D eigenvalue weighted by Crippen LogP contribution is 2.30. The van der Waals surface area contributed by atoms with Gasteiger partial charge in [-0.25, -0.2) is 0 Å². The fourth-order valence-electron chi connectivity index (χ4n) is 1.24. The number of nitrogens with zero attached hydrogens (tertiary/aromatic N) is 2. The minimum atomic E-state index is 0.243. The summed E-state index contributed by atoms with van der Waals surface area (Å²) in [5, 5.41) is 8.05. The Hall–Kier alpha value is -0.680. The van der Waals surface area contributed by atoms with E-state index >= 15 is 0 Å². The Morgan fingerprint density at radius 3 is 2.56 bits per heavy atom. The van der Waals surface area contributed by atoms with E-state index in [1.54, 1.807) is 0 Å². The van der Waals surface area contributed by atoms with Crippen LogP contribution in [0.15, 0.2) is 31.6 Å². The Morgan fingerprint density at radius 1 is 1.19 bits per heavy atom. The van der Waals surface area contributed by atoms with Crippen molar-refractivity contribution in [3.8, 4) is 11.5 Å². The summed E-state index contributed by atoms with van der Waals surface area (Å²) >= 11 is 6.88. The first-order chi connectivity index (χ1) is 7.58. The molecule has 0 bridgehead atoms. The SMILES string of the molecule is CC(C)c1nnc(-c2cc(Br)ccc2Br)o1. The average Bonchev–Trinajstić information content (AvgIpc) is 2.70. The van der Waals surface area contributed by atoms with Gasteiger partial charge in [-0.15, -0.1) is 10.2 Å². The van der Waals surface area contributed by atoms with Crippen molar-refractivity contribution in [3.63, 3.8) is 0 Å². The van der Waals surface area contributed by atoms with Crippen molar-refractivity contribution in [1.29, 1.82) is 0 Å². The first-order valence-electron chi connectivity index (χ1n) is 4.86. The number of halogens is 2. The third kappa shape index (κ3) is 2.35. The molecule has 0 saturated carbocycles. The monoisotopic (exact) mass is 344 g/mol. The summed E-state index contributed by atoms with van der Waals surface area (Å²) in [4.78, 5) is 0. The van der Waals surface area contributed by atoms with Crippen LogP contribution in [0.4, 0.5) is 0 Å². The molecule has 0 aliphatic carbocycles. The van der Waals surface area contributed by atoms with E-state index in [1.165, 1.54) is 0 Å². The maximum atomic E-state index is 5.59. The van der Waals surface area contributed by atoms with E-state index in [-0.39, 0.29) is 5.92 Å². The highest BCUT2D eigenvalue weighted by atomic mass is 79.9. The molecule has 0 saturated heterocycles. The number of aromatic nitrogens is 2. The van der Waals surface area contributed by atoms with Gasteiger partial charge in [0.05, 0.1) is 5.56 Å². The fraction of sp³-hybridized carbons (Fsp3) is 0.273. The van der Waals surface area contributed by atoms with E-state index in [0.717, 1.165) is 14.5 Å². The Kier molecular flexibility index (Phi) is 3.44. The van der Waals surface area contributed by atoms with Crippen molar-refractivity contribution >= 4 is 31.9 Å². The van der Waals surface area contributed by atoms with Crippen molar-refractivity contribution < 1.29 is 4.42 Å². The van der Waals surface area contributed by atoms with Crippen molar-refractivity contribution in [2.45, 2.75) is 19.8 Å². The van der Waals surface area contributed by atoms with Crippen molar-refractivity contribution in [3.05, 3.63) is 33.0 Å². The first kappa shape index (κ1) is 11.8. The van der Waals surface area contributed by atoms with E-state index in [1.807, 2.05) is 32.0 Å². The third-order valence-electron chi connectivity index (χ3n) is 2.09. The van der Waals surface area contributed by atoms with Gasteiger partial charge in [-0.1, -0.05) is 29.8 Å². The fourth-order valence-corrected chi connectivity index (χ4v) is 2.02. The van der Waals surface area contributed by atoms with Crippen LogP contribution < -0.4 is 0 Å². The Morgan fingerprint density at radius 2 is 1.94 bits per heavy atom. The topological polar surface area (TPSA) is 38.9 Å². The van der Waals surface area contributed by atoms with Gasteiger partial charge >= 0.3 is 0 Å². The number of hydrogen-bond donors (Lipinski definition) is 0. The van der Waals surface area contributed by atoms with Crippen LogP contribution in [0.5, 0.6) is 0 Å². The van der Waals surface area contributed by atoms with Crippen LogP contribution in [0, 0.1) is 0 Å². The van der Waals surface area contributed by atoms with Crippen molar-refractivity contribution in [1.82, 2.24) is 10.2 Å². The van der Waals surface area contributed by atoms with Crippen LogP contribution in [0.3, 0.4) is 0 Å². The van der Waals surface area contributed by atoms with Crippen LogP contribution in [-0.2, 0) is 0 Å². The number of rotatable bonds is 2. The zero-order valence-electron chi connectivity index (χ0n) is 8.87. The normalized spacial score (nSPS) is 11.1. The standard InChI is InChI=1S/C11H10Br2N2O/c1-6(2)10-14-15-11(16-10)8-5-7(12)3-4-9(8)13/h3-6H,1-2H3. The Labute approximate surface area is 111 Å². The van der Waals surface area contributed by atoms with Gasteiger partial charge in [0.25, 0.3) is 0 Å². The zero-order valence-corrected chi connectivity index (χ0v) is 12.0. The summed E-state index contributed by atoms with van der Waals surface area (Å²) in [5.74, 6) is 1.44. The molecule has 1 aromatic carbocycles. The van der Waals surface area contributed by atoms with Gasteiger partial charge < -0.3 is 4.42 Å². The molecule has 0 amide bonds. The molecule has 0 spiro atoms. The maximum absolute atomic E-state index is 5.59. The molecular formula is C11H10Br2N2O. The van der Waals surface area contributed by atoms with E-state index in [0.29, 0.717) is 11.8 Å². The lowest BCUT2D eigenvalue weighted by Gasteiger charge is -2.00. The van der Waals surface area contributed by atoms with Crippen LogP contribution in [-0.4, -0.2) is 10.2 Å². The summed E-state index contributed by atoms with van der Waals surface area (Å²) in [7, 11) is 0. The highest BCUT2D eigenvalue weighted by molar-refractivity contribution is 9.11. The molecule has 2 rings (SSSR count). The smallest absolute Gasteiger partial charge is 0.248 e. The second kappa shape index (κ2) is 4.67. The van der Waals surface area contributed by atoms with Gasteiger partial charge in [0.2, 0.25) is 11.8 Å². The number of hydrogen-bond acceptors (Lipinski definition) is 3. The lowest BCUT2D eigenvalue weighted by molar-refractivity contribution is 0.481. The molecule has 0 N–H and O–H groups in total. The van der Waals surface area contributed by atoms with Gasteiger partial charge in [-0.05, 0) is 34.1 Å². The molecule has 2 aromatic rings. The summed E-state index contributed by atoms with van der Waals surface area (Å²) in [6, 6.07) is 5.84. The van der Waals surface area contributed by atoms with E-state index in [9.17, 15) is 0 Å². The molecule has 84 valence electrons. The van der Waals surface area contributed by atoms with Gasteiger partial charge in [0, 0.05) is 14.9 Å². The van der Waals surface area contributed by atoms with E-state index < -0.39 is 0 Å². The molecule has 0 atom stereocenters. The predicted octanol–water partition coefficient (Wildman–Crippen LogP) is 4.39. The molecule has 0 aliphatic heterocycles. The van der Waals surface area contributed by atoms with E-state index in [2.05, 4.69) is 42.1 Å². The first-order valence-corrected chi connectivity index (χ1v) is 6.45. The zero-order chi connectivity index (χ0) is 11.7. The minimum absolute atomic E-state index is 0.243. The van der Waals surface area contributed by atoms with Gasteiger partial charge in [0.1, 0.15) is 0 Å². The highest BCUT2D eigenvalue weighted by Gasteiger charge is 2.13. The summed E-state index contributed by atoms with van der Waals surface area (Å²) < 4.78 is 7.51. The summed E-state index contributed by atoms with van der Waals surface area (Å²) in [5.41, 5.74) is 0.897. The predicted molar refractivity (Wildman–Crippen MR) is 69.2 cm³/mol. The van der Waals surface area contributed by atoms with Crippen LogP contribution in [0.2, 0.25) is 0 Å². The molecule has 0 radical (unpaired) electrons. The molecule has 1 aromatic heterocycles. The maximum Gasteiger partial charge on any atom is 0.248 e. The third-order valence-corrected chi connectivity index (χ3v) is 3.28. The summed E-state index contributed by atoms with van der Waals surface area (Å²) in [6.07, 6.45) is 0.